The summed E-state index contributed by atoms with van der Waals surface area (Å²) in [5.41, 5.74) is -0.0781. The van der Waals surface area contributed by atoms with Crippen LogP contribution in [0.5, 0.6) is 0 Å². The Morgan fingerprint density at radius 2 is 2.04 bits per heavy atom. The molecular formula is C15H29ClN6O2. The fraction of sp³-hybridized carbons (Fsp3) is 0.867. The Bertz CT molecular complexity index is 514. The van der Waals surface area contributed by atoms with Gasteiger partial charge in [0.2, 0.25) is 5.91 Å². The number of rotatable bonds is 7. The molecule has 1 amide bonds. The number of nitrogens with one attached hydrogen (secondary N) is 1. The largest absolute Gasteiger partial charge is 0.375 e. The summed E-state index contributed by atoms with van der Waals surface area (Å²) >= 11 is 0. The van der Waals surface area contributed by atoms with E-state index in [0.29, 0.717) is 0 Å². The van der Waals surface area contributed by atoms with Crippen molar-refractivity contribution >= 4 is 18.3 Å². The fourth-order valence-electron chi connectivity index (χ4n) is 2.76. The number of carbonyl (C=O) groups is 1. The van der Waals surface area contributed by atoms with E-state index in [2.05, 4.69) is 46.5 Å². The van der Waals surface area contributed by atoms with Crippen molar-refractivity contribution in [2.45, 2.75) is 58.2 Å². The second kappa shape index (κ2) is 9.29. The Morgan fingerprint density at radius 1 is 1.38 bits per heavy atom. The molecule has 0 atom stereocenters. The number of halogens is 1. The highest BCUT2D eigenvalue weighted by Crippen LogP contribution is 2.20. The van der Waals surface area contributed by atoms with Gasteiger partial charge in [-0.15, -0.1) is 17.5 Å². The van der Waals surface area contributed by atoms with Crippen LogP contribution >= 0.6 is 12.4 Å². The Morgan fingerprint density at radius 3 is 2.62 bits per heavy atom. The first-order chi connectivity index (χ1) is 11.0. The smallest absolute Gasteiger partial charge is 0.246 e. The third-order valence-corrected chi connectivity index (χ3v) is 4.57. The second-order valence-corrected chi connectivity index (χ2v) is 6.72. The molecule has 1 fully saturated rings. The lowest BCUT2D eigenvalue weighted by atomic mass is 10.0. The number of hydrogen-bond donors (Lipinski definition) is 1. The van der Waals surface area contributed by atoms with Crippen molar-refractivity contribution in [2.24, 2.45) is 0 Å². The standard InChI is InChI=1S/C15H28N6O2.ClH/c1-5-15(2,3)21-13(17-18-19-21)10-20-8-6-12(7-9-20)16-14(22)11-23-4;/h12H,5-11H2,1-4H3,(H,16,22);1H. The zero-order chi connectivity index (χ0) is 16.9. The first-order valence-electron chi connectivity index (χ1n) is 8.24. The number of tetrazole rings is 1. The first-order valence-corrected chi connectivity index (χ1v) is 8.24. The zero-order valence-corrected chi connectivity index (χ0v) is 15.8. The number of nitrogens with zero attached hydrogens (tertiary/aromatic N) is 5. The maximum atomic E-state index is 11.6. The molecule has 1 aromatic rings. The van der Waals surface area contributed by atoms with Gasteiger partial charge < -0.3 is 10.1 Å². The van der Waals surface area contributed by atoms with E-state index in [1.807, 2.05) is 4.68 Å². The molecule has 24 heavy (non-hydrogen) atoms. The number of piperidine rings is 1. The van der Waals surface area contributed by atoms with Gasteiger partial charge in [-0.1, -0.05) is 6.92 Å². The summed E-state index contributed by atoms with van der Waals surface area (Å²) < 4.78 is 6.77. The number of aromatic nitrogens is 4. The number of hydrogen-bond acceptors (Lipinski definition) is 6. The molecule has 1 aromatic heterocycles. The van der Waals surface area contributed by atoms with Gasteiger partial charge in [-0.05, 0) is 43.5 Å². The van der Waals surface area contributed by atoms with Crippen LogP contribution in [0.25, 0.3) is 0 Å². The van der Waals surface area contributed by atoms with Crippen LogP contribution < -0.4 is 5.32 Å². The first kappa shape index (κ1) is 20.8. The highest BCUT2D eigenvalue weighted by molar-refractivity contribution is 5.85. The Balaban J connectivity index is 0.00000288. The third kappa shape index (κ3) is 5.39. The van der Waals surface area contributed by atoms with Crippen LogP contribution in [0.1, 0.15) is 45.9 Å². The predicted molar refractivity (Wildman–Crippen MR) is 93.0 cm³/mol. The predicted octanol–water partition coefficient (Wildman–Crippen LogP) is 0.967. The average Bonchev–Trinajstić information content (AvgIpc) is 2.98. The zero-order valence-electron chi connectivity index (χ0n) is 15.0. The van der Waals surface area contributed by atoms with Crippen LogP contribution in [0, 0.1) is 0 Å². The summed E-state index contributed by atoms with van der Waals surface area (Å²) in [5.74, 6) is 0.860. The highest BCUT2D eigenvalue weighted by atomic mass is 35.5. The minimum absolute atomic E-state index is 0. The summed E-state index contributed by atoms with van der Waals surface area (Å²) in [4.78, 5) is 13.9. The Kier molecular flexibility index (Phi) is 8.05. The van der Waals surface area contributed by atoms with Crippen molar-refractivity contribution in [3.63, 3.8) is 0 Å². The third-order valence-electron chi connectivity index (χ3n) is 4.57. The number of methoxy groups -OCH3 is 1. The van der Waals surface area contributed by atoms with Crippen LogP contribution in [0.3, 0.4) is 0 Å². The van der Waals surface area contributed by atoms with E-state index >= 15 is 0 Å². The van der Waals surface area contributed by atoms with E-state index in [1.165, 1.54) is 7.11 Å². The molecule has 0 aromatic carbocycles. The lowest BCUT2D eigenvalue weighted by Gasteiger charge is -2.32. The van der Waals surface area contributed by atoms with Gasteiger partial charge in [0.15, 0.2) is 5.82 Å². The molecule has 138 valence electrons. The maximum Gasteiger partial charge on any atom is 0.246 e. The molecule has 1 aliphatic rings. The Labute approximate surface area is 149 Å². The number of likely N-dealkylation sites (tertiary alicyclic amines) is 1. The fourth-order valence-corrected chi connectivity index (χ4v) is 2.76. The quantitative estimate of drug-likeness (QED) is 0.779. The normalized spacial score (nSPS) is 16.7. The molecule has 1 aliphatic heterocycles. The van der Waals surface area contributed by atoms with Gasteiger partial charge in [-0.3, -0.25) is 9.69 Å². The molecule has 0 aliphatic carbocycles. The average molecular weight is 361 g/mol. The molecular weight excluding hydrogens is 332 g/mol. The molecule has 0 radical (unpaired) electrons. The van der Waals surface area contributed by atoms with E-state index < -0.39 is 0 Å². The van der Waals surface area contributed by atoms with Gasteiger partial charge in [0, 0.05) is 26.2 Å². The van der Waals surface area contributed by atoms with Crippen molar-refractivity contribution in [2.75, 3.05) is 26.8 Å². The minimum atomic E-state index is -0.0781. The van der Waals surface area contributed by atoms with Crippen molar-refractivity contribution < 1.29 is 9.53 Å². The molecule has 0 bridgehead atoms. The molecule has 1 N–H and O–H groups in total. The monoisotopic (exact) mass is 360 g/mol. The van der Waals surface area contributed by atoms with E-state index in [-0.39, 0.29) is 36.5 Å². The van der Waals surface area contributed by atoms with E-state index in [4.69, 9.17) is 4.74 Å². The molecule has 0 unspecified atom stereocenters. The molecule has 8 nitrogen and oxygen atoms in total. The molecule has 2 rings (SSSR count). The number of carbonyl (C=O) groups excluding carboxylic acids is 1. The van der Waals surface area contributed by atoms with Crippen molar-refractivity contribution in [3.05, 3.63) is 5.82 Å². The molecule has 0 saturated carbocycles. The minimum Gasteiger partial charge on any atom is -0.375 e. The van der Waals surface area contributed by atoms with Crippen molar-refractivity contribution in [3.8, 4) is 0 Å². The summed E-state index contributed by atoms with van der Waals surface area (Å²) in [6, 6.07) is 0.233. The van der Waals surface area contributed by atoms with Gasteiger partial charge in [-0.2, -0.15) is 0 Å². The maximum absolute atomic E-state index is 11.6. The lowest BCUT2D eigenvalue weighted by molar-refractivity contribution is -0.125. The van der Waals surface area contributed by atoms with Gasteiger partial charge in [-0.25, -0.2) is 4.68 Å². The van der Waals surface area contributed by atoms with E-state index in [1.54, 1.807) is 0 Å². The van der Waals surface area contributed by atoms with Crippen molar-refractivity contribution in [1.29, 1.82) is 0 Å². The second-order valence-electron chi connectivity index (χ2n) is 6.72. The molecule has 1 saturated heterocycles. The van der Waals surface area contributed by atoms with Crippen LogP contribution in [0.4, 0.5) is 0 Å². The topological polar surface area (TPSA) is 85.2 Å². The molecule has 2 heterocycles. The van der Waals surface area contributed by atoms with Crippen LogP contribution in [-0.2, 0) is 21.6 Å². The SMILES string of the molecule is CCC(C)(C)n1nnnc1CN1CCC(NC(=O)COC)CC1.Cl. The van der Waals surface area contributed by atoms with Crippen LogP contribution in [0.2, 0.25) is 0 Å². The summed E-state index contributed by atoms with van der Waals surface area (Å²) in [6.07, 6.45) is 2.85. The van der Waals surface area contributed by atoms with Crippen LogP contribution in [-0.4, -0.2) is 63.9 Å². The lowest BCUT2D eigenvalue weighted by Crippen LogP contribution is -2.45. The van der Waals surface area contributed by atoms with Crippen molar-refractivity contribution in [1.82, 2.24) is 30.4 Å². The van der Waals surface area contributed by atoms with E-state index in [9.17, 15) is 4.79 Å². The summed E-state index contributed by atoms with van der Waals surface area (Å²) in [7, 11) is 1.53. The van der Waals surface area contributed by atoms with Crippen LogP contribution in [0.15, 0.2) is 0 Å². The Hall–Kier alpha value is -1.25. The summed E-state index contributed by atoms with van der Waals surface area (Å²) in [5, 5.41) is 15.2. The van der Waals surface area contributed by atoms with Gasteiger partial charge in [0.05, 0.1) is 12.1 Å². The van der Waals surface area contributed by atoms with Gasteiger partial charge in [0.25, 0.3) is 0 Å². The highest BCUT2D eigenvalue weighted by Gasteiger charge is 2.26. The van der Waals surface area contributed by atoms with E-state index in [0.717, 1.165) is 44.7 Å². The molecule has 0 spiro atoms. The number of ether oxygens (including phenoxy) is 1. The summed E-state index contributed by atoms with van der Waals surface area (Å²) in [6.45, 7) is 9.15. The van der Waals surface area contributed by atoms with Gasteiger partial charge >= 0.3 is 0 Å². The number of amides is 1. The molecule has 9 heteroatoms. The van der Waals surface area contributed by atoms with Gasteiger partial charge in [0.1, 0.15) is 6.61 Å².